The van der Waals surface area contributed by atoms with E-state index in [-0.39, 0.29) is 0 Å². The summed E-state index contributed by atoms with van der Waals surface area (Å²) in [6, 6.07) is 23.1. The number of hydrogen-bond donors (Lipinski definition) is 2. The normalized spacial score (nSPS) is 11.8. The molecule has 0 saturated carbocycles. The summed E-state index contributed by atoms with van der Waals surface area (Å²) in [5, 5.41) is 14.2. The van der Waals surface area contributed by atoms with Crippen LogP contribution >= 0.6 is 11.6 Å². The Bertz CT molecular complexity index is 872. The van der Waals surface area contributed by atoms with E-state index < -0.39 is 6.10 Å². The fraction of sp³-hybridized carbons (Fsp3) is 0.217. The van der Waals surface area contributed by atoms with Crippen molar-refractivity contribution in [1.82, 2.24) is 5.32 Å². The lowest BCUT2D eigenvalue weighted by Gasteiger charge is -2.17. The van der Waals surface area contributed by atoms with Gasteiger partial charge in [-0.1, -0.05) is 72.3 Å². The summed E-state index contributed by atoms with van der Waals surface area (Å²) in [5.74, 6) is 1.24. The zero-order valence-corrected chi connectivity index (χ0v) is 16.5. The maximum Gasteiger partial charge on any atom is 0.166 e. The smallest absolute Gasteiger partial charge is 0.166 e. The van der Waals surface area contributed by atoms with Crippen LogP contribution in [0.1, 0.15) is 22.8 Å². The molecule has 0 heterocycles. The van der Waals surface area contributed by atoms with E-state index in [0.29, 0.717) is 36.2 Å². The molecule has 4 nitrogen and oxygen atoms in total. The van der Waals surface area contributed by atoms with Crippen molar-refractivity contribution < 1.29 is 14.6 Å². The van der Waals surface area contributed by atoms with Crippen LogP contribution in [0.3, 0.4) is 0 Å². The van der Waals surface area contributed by atoms with Gasteiger partial charge >= 0.3 is 0 Å². The van der Waals surface area contributed by atoms with Gasteiger partial charge in [0.1, 0.15) is 6.61 Å². The Morgan fingerprint density at radius 1 is 1.00 bits per heavy atom. The Morgan fingerprint density at radius 3 is 2.36 bits per heavy atom. The predicted octanol–water partition coefficient (Wildman–Crippen LogP) is 4.75. The van der Waals surface area contributed by atoms with Crippen molar-refractivity contribution in [3.8, 4) is 11.5 Å². The first-order valence-electron chi connectivity index (χ1n) is 9.14. The third-order valence-electron chi connectivity index (χ3n) is 4.38. The van der Waals surface area contributed by atoms with E-state index in [1.807, 2.05) is 66.7 Å². The molecule has 0 aliphatic carbocycles. The molecule has 2 N–H and O–H groups in total. The molecular formula is C23H24ClNO3. The lowest BCUT2D eigenvalue weighted by atomic mass is 10.1. The number of nitrogens with one attached hydrogen (secondary N) is 1. The summed E-state index contributed by atoms with van der Waals surface area (Å²) in [4.78, 5) is 0. The van der Waals surface area contributed by atoms with E-state index in [0.717, 1.165) is 16.7 Å². The van der Waals surface area contributed by atoms with E-state index in [1.165, 1.54) is 0 Å². The summed E-state index contributed by atoms with van der Waals surface area (Å²) < 4.78 is 11.5. The van der Waals surface area contributed by atoms with Gasteiger partial charge in [0.05, 0.1) is 13.2 Å². The number of rotatable bonds is 9. The van der Waals surface area contributed by atoms with Gasteiger partial charge in [0.15, 0.2) is 11.5 Å². The molecule has 0 fully saturated rings. The van der Waals surface area contributed by atoms with Crippen molar-refractivity contribution >= 4 is 11.6 Å². The number of ether oxygens (including phenoxy) is 2. The fourth-order valence-corrected chi connectivity index (χ4v) is 3.17. The Kier molecular flexibility index (Phi) is 7.31. The topological polar surface area (TPSA) is 50.7 Å². The maximum atomic E-state index is 10.3. The van der Waals surface area contributed by atoms with Crippen LogP contribution in [-0.4, -0.2) is 18.8 Å². The minimum atomic E-state index is -0.587. The first-order valence-corrected chi connectivity index (χ1v) is 9.52. The maximum absolute atomic E-state index is 10.3. The van der Waals surface area contributed by atoms with Crippen LogP contribution in [-0.2, 0) is 13.2 Å². The van der Waals surface area contributed by atoms with Crippen molar-refractivity contribution in [2.75, 3.05) is 13.7 Å². The highest BCUT2D eigenvalue weighted by Gasteiger charge is 2.14. The number of benzene rings is 3. The standard InChI is InChI=1S/C23H24ClNO3/c1-27-22-13-20(24)12-19(23(22)28-16-17-8-4-2-5-9-17)14-25-15-21(26)18-10-6-3-7-11-18/h2-13,21,25-26H,14-16H2,1H3/t21-/m1/s1. The van der Waals surface area contributed by atoms with Gasteiger partial charge in [-0.15, -0.1) is 0 Å². The second kappa shape index (κ2) is 10.1. The summed E-state index contributed by atoms with van der Waals surface area (Å²) >= 11 is 6.24. The van der Waals surface area contributed by atoms with Gasteiger partial charge in [-0.3, -0.25) is 0 Å². The van der Waals surface area contributed by atoms with Crippen LogP contribution in [0.2, 0.25) is 5.02 Å². The molecule has 0 bridgehead atoms. The average Bonchev–Trinajstić information content (AvgIpc) is 2.74. The van der Waals surface area contributed by atoms with Crippen LogP contribution < -0.4 is 14.8 Å². The molecule has 0 aliphatic heterocycles. The predicted molar refractivity (Wildman–Crippen MR) is 112 cm³/mol. The monoisotopic (exact) mass is 397 g/mol. The Balaban J connectivity index is 1.69. The molecule has 28 heavy (non-hydrogen) atoms. The number of methoxy groups -OCH3 is 1. The fourth-order valence-electron chi connectivity index (χ4n) is 2.94. The molecule has 0 unspecified atom stereocenters. The van der Waals surface area contributed by atoms with Gasteiger partial charge in [0, 0.05) is 29.7 Å². The molecule has 0 aliphatic rings. The highest BCUT2D eigenvalue weighted by atomic mass is 35.5. The van der Waals surface area contributed by atoms with Crippen molar-refractivity contribution in [2.24, 2.45) is 0 Å². The molecule has 0 radical (unpaired) electrons. The minimum absolute atomic E-state index is 0.414. The summed E-state index contributed by atoms with van der Waals surface area (Å²) in [7, 11) is 1.59. The molecule has 0 aromatic heterocycles. The van der Waals surface area contributed by atoms with Gasteiger partial charge in [-0.25, -0.2) is 0 Å². The number of halogens is 1. The molecule has 0 saturated heterocycles. The third kappa shape index (κ3) is 5.49. The lowest BCUT2D eigenvalue weighted by Crippen LogP contribution is -2.21. The molecule has 3 aromatic carbocycles. The summed E-state index contributed by atoms with van der Waals surface area (Å²) in [5.41, 5.74) is 2.82. The highest BCUT2D eigenvalue weighted by molar-refractivity contribution is 6.30. The van der Waals surface area contributed by atoms with E-state index in [2.05, 4.69) is 5.32 Å². The van der Waals surface area contributed by atoms with Gasteiger partial charge in [-0.05, 0) is 17.2 Å². The zero-order valence-electron chi connectivity index (χ0n) is 15.8. The van der Waals surface area contributed by atoms with Crippen LogP contribution in [0, 0.1) is 0 Å². The zero-order chi connectivity index (χ0) is 19.8. The Hall–Kier alpha value is -2.53. The van der Waals surface area contributed by atoms with Crippen molar-refractivity contribution in [2.45, 2.75) is 19.3 Å². The number of aliphatic hydroxyl groups is 1. The van der Waals surface area contributed by atoms with Crippen LogP contribution in [0.4, 0.5) is 0 Å². The van der Waals surface area contributed by atoms with E-state index in [9.17, 15) is 5.11 Å². The highest BCUT2D eigenvalue weighted by Crippen LogP contribution is 2.35. The van der Waals surface area contributed by atoms with Crippen LogP contribution in [0.5, 0.6) is 11.5 Å². The Labute approximate surface area is 170 Å². The van der Waals surface area contributed by atoms with Gasteiger partial charge in [0.25, 0.3) is 0 Å². The second-order valence-corrected chi connectivity index (χ2v) is 6.86. The molecule has 5 heteroatoms. The first-order chi connectivity index (χ1) is 13.7. The number of aliphatic hydroxyl groups excluding tert-OH is 1. The SMILES string of the molecule is COc1cc(Cl)cc(CNC[C@@H](O)c2ccccc2)c1OCc1ccccc1. The second-order valence-electron chi connectivity index (χ2n) is 6.43. The largest absolute Gasteiger partial charge is 0.493 e. The molecule has 3 aromatic rings. The molecule has 0 spiro atoms. The van der Waals surface area contributed by atoms with Crippen LogP contribution in [0.25, 0.3) is 0 Å². The molecular weight excluding hydrogens is 374 g/mol. The van der Waals surface area contributed by atoms with Gasteiger partial charge in [-0.2, -0.15) is 0 Å². The van der Waals surface area contributed by atoms with E-state index in [1.54, 1.807) is 13.2 Å². The lowest BCUT2D eigenvalue weighted by molar-refractivity contribution is 0.174. The first kappa shape index (κ1) is 20.2. The minimum Gasteiger partial charge on any atom is -0.493 e. The van der Waals surface area contributed by atoms with Crippen LogP contribution in [0.15, 0.2) is 72.8 Å². The van der Waals surface area contributed by atoms with E-state index >= 15 is 0 Å². The number of hydrogen-bond acceptors (Lipinski definition) is 4. The van der Waals surface area contributed by atoms with Gasteiger partial charge in [0.2, 0.25) is 0 Å². The van der Waals surface area contributed by atoms with E-state index in [4.69, 9.17) is 21.1 Å². The van der Waals surface area contributed by atoms with Crippen molar-refractivity contribution in [3.63, 3.8) is 0 Å². The molecule has 1 atom stereocenters. The quantitative estimate of drug-likeness (QED) is 0.547. The average molecular weight is 398 g/mol. The van der Waals surface area contributed by atoms with Gasteiger partial charge < -0.3 is 19.9 Å². The Morgan fingerprint density at radius 2 is 1.68 bits per heavy atom. The van der Waals surface area contributed by atoms with Crippen molar-refractivity contribution in [3.05, 3.63) is 94.5 Å². The molecule has 0 amide bonds. The third-order valence-corrected chi connectivity index (χ3v) is 4.60. The molecule has 146 valence electrons. The summed E-state index contributed by atoms with van der Waals surface area (Å²) in [6.45, 7) is 1.33. The van der Waals surface area contributed by atoms with Crippen molar-refractivity contribution in [1.29, 1.82) is 0 Å². The summed E-state index contributed by atoms with van der Waals surface area (Å²) in [6.07, 6.45) is -0.587. The molecule has 3 rings (SSSR count).